The molecule has 1 aliphatic rings. The summed E-state index contributed by atoms with van der Waals surface area (Å²) in [7, 11) is 0. The highest BCUT2D eigenvalue weighted by Crippen LogP contribution is 2.18. The molecule has 1 aliphatic heterocycles. The molecule has 0 unspecified atom stereocenters. The van der Waals surface area contributed by atoms with Gasteiger partial charge in [-0.1, -0.05) is 12.1 Å². The Hall–Kier alpha value is -1.86. The van der Waals surface area contributed by atoms with Crippen LogP contribution in [0.15, 0.2) is 24.3 Å². The van der Waals surface area contributed by atoms with E-state index in [1.54, 1.807) is 18.2 Å². The Morgan fingerprint density at radius 2 is 2.11 bits per heavy atom. The van der Waals surface area contributed by atoms with Crippen LogP contribution in [-0.2, 0) is 4.79 Å². The van der Waals surface area contributed by atoms with Gasteiger partial charge in [-0.3, -0.25) is 4.79 Å². The summed E-state index contributed by atoms with van der Waals surface area (Å²) in [5.74, 6) is 0.463. The third kappa shape index (κ3) is 3.31. The first-order chi connectivity index (χ1) is 8.79. The molecule has 0 aliphatic carbocycles. The first-order valence-electron chi connectivity index (χ1n) is 6.29. The summed E-state index contributed by atoms with van der Waals surface area (Å²) in [6.45, 7) is 1.99. The Bertz CT molecular complexity index is 458. The summed E-state index contributed by atoms with van der Waals surface area (Å²) in [4.78, 5) is 11.9. The second-order valence-electron chi connectivity index (χ2n) is 4.60. The van der Waals surface area contributed by atoms with E-state index in [0.29, 0.717) is 23.6 Å². The summed E-state index contributed by atoms with van der Waals surface area (Å²) in [6, 6.07) is 9.16. The molecule has 1 saturated heterocycles. The van der Waals surface area contributed by atoms with E-state index >= 15 is 0 Å². The van der Waals surface area contributed by atoms with E-state index in [-0.39, 0.29) is 5.91 Å². The Kier molecular flexibility index (Phi) is 4.32. The first kappa shape index (κ1) is 12.6. The maximum Gasteiger partial charge on any atom is 0.224 e. The maximum atomic E-state index is 11.9. The number of rotatable bonds is 3. The van der Waals surface area contributed by atoms with Gasteiger partial charge in [-0.2, -0.15) is 5.26 Å². The fourth-order valence-electron chi connectivity index (χ4n) is 2.24. The van der Waals surface area contributed by atoms with Crippen LogP contribution in [0.5, 0.6) is 0 Å². The van der Waals surface area contributed by atoms with Crippen LogP contribution in [0.2, 0.25) is 0 Å². The molecule has 0 bridgehead atoms. The van der Waals surface area contributed by atoms with E-state index < -0.39 is 0 Å². The summed E-state index contributed by atoms with van der Waals surface area (Å²) >= 11 is 0. The van der Waals surface area contributed by atoms with Gasteiger partial charge in [0.25, 0.3) is 0 Å². The van der Waals surface area contributed by atoms with Gasteiger partial charge in [0.15, 0.2) is 0 Å². The highest BCUT2D eigenvalue weighted by atomic mass is 16.1. The molecule has 0 atom stereocenters. The lowest BCUT2D eigenvalue weighted by molar-refractivity contribution is -0.117. The number of benzene rings is 1. The molecule has 1 fully saturated rings. The minimum atomic E-state index is 0.00426. The second-order valence-corrected chi connectivity index (χ2v) is 4.60. The molecule has 1 heterocycles. The quantitative estimate of drug-likeness (QED) is 0.852. The Morgan fingerprint density at radius 1 is 1.39 bits per heavy atom. The van der Waals surface area contributed by atoms with Crippen LogP contribution in [0.3, 0.4) is 0 Å². The molecule has 1 amide bonds. The maximum absolute atomic E-state index is 11.9. The van der Waals surface area contributed by atoms with Crippen LogP contribution in [0.25, 0.3) is 0 Å². The first-order valence-corrected chi connectivity index (χ1v) is 6.29. The molecular formula is C14H17N3O. The number of carbonyl (C=O) groups excluding carboxylic acids is 1. The van der Waals surface area contributed by atoms with Crippen LogP contribution >= 0.6 is 0 Å². The van der Waals surface area contributed by atoms with Gasteiger partial charge >= 0.3 is 0 Å². The zero-order chi connectivity index (χ0) is 12.8. The van der Waals surface area contributed by atoms with Gasteiger partial charge in [0.1, 0.15) is 6.07 Å². The van der Waals surface area contributed by atoms with Crippen molar-refractivity contribution in [3.05, 3.63) is 29.8 Å². The molecule has 1 aromatic rings. The van der Waals surface area contributed by atoms with Crippen molar-refractivity contribution >= 4 is 11.6 Å². The van der Waals surface area contributed by atoms with E-state index in [0.717, 1.165) is 25.9 Å². The smallest absolute Gasteiger partial charge is 0.224 e. The van der Waals surface area contributed by atoms with Gasteiger partial charge < -0.3 is 10.6 Å². The Balaban J connectivity index is 1.92. The lowest BCUT2D eigenvalue weighted by atomic mass is 9.94. The van der Waals surface area contributed by atoms with Crippen LogP contribution in [-0.4, -0.2) is 19.0 Å². The van der Waals surface area contributed by atoms with E-state index in [9.17, 15) is 4.79 Å². The van der Waals surface area contributed by atoms with Gasteiger partial charge in [-0.25, -0.2) is 0 Å². The monoisotopic (exact) mass is 243 g/mol. The van der Waals surface area contributed by atoms with E-state index in [1.807, 2.05) is 6.07 Å². The number of nitriles is 1. The largest absolute Gasteiger partial charge is 0.325 e. The topological polar surface area (TPSA) is 64.9 Å². The molecule has 4 nitrogen and oxygen atoms in total. The molecule has 18 heavy (non-hydrogen) atoms. The summed E-state index contributed by atoms with van der Waals surface area (Å²) in [5.41, 5.74) is 1.12. The third-order valence-corrected chi connectivity index (χ3v) is 3.25. The number of para-hydroxylation sites is 1. The van der Waals surface area contributed by atoms with Crippen molar-refractivity contribution in [1.82, 2.24) is 5.32 Å². The summed E-state index contributed by atoms with van der Waals surface area (Å²) in [6.07, 6.45) is 2.64. The van der Waals surface area contributed by atoms with Crippen molar-refractivity contribution in [3.8, 4) is 6.07 Å². The lowest BCUT2D eigenvalue weighted by Gasteiger charge is -2.22. The molecule has 4 heteroatoms. The highest BCUT2D eigenvalue weighted by Gasteiger charge is 2.17. The number of nitrogens with one attached hydrogen (secondary N) is 2. The van der Waals surface area contributed by atoms with E-state index in [4.69, 9.17) is 5.26 Å². The average Bonchev–Trinajstić information content (AvgIpc) is 2.40. The zero-order valence-electron chi connectivity index (χ0n) is 10.3. The van der Waals surface area contributed by atoms with Crippen LogP contribution in [0, 0.1) is 17.2 Å². The highest BCUT2D eigenvalue weighted by molar-refractivity contribution is 5.92. The standard InChI is InChI=1S/C14H17N3O/c15-10-12-3-1-2-4-13(12)17-14(18)9-11-5-7-16-8-6-11/h1-4,11,16H,5-9H2,(H,17,18). The molecular weight excluding hydrogens is 226 g/mol. The molecule has 2 rings (SSSR count). The van der Waals surface area contributed by atoms with Gasteiger partial charge in [-0.15, -0.1) is 0 Å². The predicted octanol–water partition coefficient (Wildman–Crippen LogP) is 1.89. The molecule has 0 radical (unpaired) electrons. The van der Waals surface area contributed by atoms with E-state index in [2.05, 4.69) is 16.7 Å². The van der Waals surface area contributed by atoms with Gasteiger partial charge in [0, 0.05) is 6.42 Å². The van der Waals surface area contributed by atoms with Crippen molar-refractivity contribution in [2.75, 3.05) is 18.4 Å². The number of piperidine rings is 1. The van der Waals surface area contributed by atoms with Crippen molar-refractivity contribution in [3.63, 3.8) is 0 Å². The van der Waals surface area contributed by atoms with Crippen molar-refractivity contribution in [1.29, 1.82) is 5.26 Å². The minimum Gasteiger partial charge on any atom is -0.325 e. The second kappa shape index (κ2) is 6.18. The van der Waals surface area contributed by atoms with E-state index in [1.165, 1.54) is 0 Å². The summed E-state index contributed by atoms with van der Waals surface area (Å²) < 4.78 is 0. The summed E-state index contributed by atoms with van der Waals surface area (Å²) in [5, 5.41) is 15.1. The average molecular weight is 243 g/mol. The Labute approximate surface area is 107 Å². The number of hydrogen-bond donors (Lipinski definition) is 2. The van der Waals surface area contributed by atoms with Crippen molar-refractivity contribution in [2.24, 2.45) is 5.92 Å². The van der Waals surface area contributed by atoms with Crippen LogP contribution in [0.4, 0.5) is 5.69 Å². The molecule has 2 N–H and O–H groups in total. The van der Waals surface area contributed by atoms with Crippen LogP contribution in [0.1, 0.15) is 24.8 Å². The fourth-order valence-corrected chi connectivity index (χ4v) is 2.24. The Morgan fingerprint density at radius 3 is 2.83 bits per heavy atom. The fraction of sp³-hybridized carbons (Fsp3) is 0.429. The zero-order valence-corrected chi connectivity index (χ0v) is 10.3. The normalized spacial score (nSPS) is 15.9. The van der Waals surface area contributed by atoms with Crippen molar-refractivity contribution in [2.45, 2.75) is 19.3 Å². The lowest BCUT2D eigenvalue weighted by Crippen LogP contribution is -2.30. The number of amides is 1. The molecule has 1 aromatic carbocycles. The van der Waals surface area contributed by atoms with Gasteiger partial charge in [0.2, 0.25) is 5.91 Å². The number of hydrogen-bond acceptors (Lipinski definition) is 3. The molecule has 0 aromatic heterocycles. The minimum absolute atomic E-state index is 0.00426. The molecule has 0 spiro atoms. The van der Waals surface area contributed by atoms with Crippen LogP contribution < -0.4 is 10.6 Å². The van der Waals surface area contributed by atoms with Gasteiger partial charge in [0.05, 0.1) is 11.3 Å². The number of anilines is 1. The predicted molar refractivity (Wildman–Crippen MR) is 70.0 cm³/mol. The van der Waals surface area contributed by atoms with Crippen molar-refractivity contribution < 1.29 is 4.79 Å². The number of carbonyl (C=O) groups is 1. The number of nitrogens with zero attached hydrogens (tertiary/aromatic N) is 1. The molecule has 94 valence electrons. The third-order valence-electron chi connectivity index (χ3n) is 3.25. The SMILES string of the molecule is N#Cc1ccccc1NC(=O)CC1CCNCC1. The molecule has 0 saturated carbocycles. The van der Waals surface area contributed by atoms with Gasteiger partial charge in [-0.05, 0) is 44.0 Å².